The highest BCUT2D eigenvalue weighted by Crippen LogP contribution is 2.45. The standard InChI is InChI=1S/C20H34O6/c1-2-19(7-6-13-4-3-5-14(8-13)9-19)26-12-17(23)20(25)10-15(21)18(24)16(22)11-20/h13-16,18,21-22,24-25H,2-12H2,1H3/t13-,14-,15?,16?,18?,19+,20?/m1/s1. The molecular weight excluding hydrogens is 336 g/mol. The van der Waals surface area contributed by atoms with Crippen molar-refractivity contribution in [3.05, 3.63) is 0 Å². The van der Waals surface area contributed by atoms with Crippen molar-refractivity contribution >= 4 is 5.78 Å². The number of carbonyl (C=O) groups excluding carboxylic acids is 1. The zero-order valence-electron chi connectivity index (χ0n) is 15.8. The molecule has 3 saturated carbocycles. The quantitative estimate of drug-likeness (QED) is 0.581. The molecule has 26 heavy (non-hydrogen) atoms. The van der Waals surface area contributed by atoms with Gasteiger partial charge in [0, 0.05) is 12.8 Å². The van der Waals surface area contributed by atoms with E-state index in [4.69, 9.17) is 4.74 Å². The van der Waals surface area contributed by atoms with E-state index in [1.165, 1.54) is 25.7 Å². The maximum Gasteiger partial charge on any atom is 0.190 e. The molecule has 150 valence electrons. The van der Waals surface area contributed by atoms with E-state index in [0.717, 1.165) is 31.6 Å². The third-order valence-electron chi connectivity index (χ3n) is 7.12. The zero-order valence-corrected chi connectivity index (χ0v) is 15.8. The van der Waals surface area contributed by atoms with E-state index in [9.17, 15) is 25.2 Å². The van der Waals surface area contributed by atoms with Crippen LogP contribution in [0, 0.1) is 11.8 Å². The Bertz CT molecular complexity index is 497. The van der Waals surface area contributed by atoms with Crippen LogP contribution in [0.1, 0.15) is 71.1 Å². The molecule has 4 N–H and O–H groups in total. The van der Waals surface area contributed by atoms with Crippen LogP contribution in [0.2, 0.25) is 0 Å². The summed E-state index contributed by atoms with van der Waals surface area (Å²) < 4.78 is 6.15. The minimum atomic E-state index is -1.84. The molecule has 5 atom stereocenters. The van der Waals surface area contributed by atoms with Crippen LogP contribution >= 0.6 is 0 Å². The van der Waals surface area contributed by atoms with E-state index in [1.807, 2.05) is 0 Å². The molecular formula is C20H34O6. The van der Waals surface area contributed by atoms with E-state index in [-0.39, 0.29) is 25.0 Å². The summed E-state index contributed by atoms with van der Waals surface area (Å²) in [6, 6.07) is 0. The molecule has 0 aromatic rings. The fraction of sp³-hybridized carbons (Fsp3) is 0.950. The number of Topliss-reactive ketones (excluding diaryl/α,β-unsaturated/α-hetero) is 1. The second kappa shape index (κ2) is 7.84. The molecule has 0 radical (unpaired) electrons. The Morgan fingerprint density at radius 3 is 2.35 bits per heavy atom. The second-order valence-corrected chi connectivity index (χ2v) is 8.95. The third kappa shape index (κ3) is 4.14. The van der Waals surface area contributed by atoms with Crippen molar-refractivity contribution in [2.24, 2.45) is 11.8 Å². The monoisotopic (exact) mass is 370 g/mol. The minimum absolute atomic E-state index is 0.211. The molecule has 0 heterocycles. The zero-order chi connectivity index (χ0) is 18.9. The van der Waals surface area contributed by atoms with Crippen LogP contribution in [0.15, 0.2) is 0 Å². The predicted octanol–water partition coefficient (Wildman–Crippen LogP) is 1.32. The van der Waals surface area contributed by atoms with E-state index in [0.29, 0.717) is 5.92 Å². The molecule has 3 fully saturated rings. The van der Waals surface area contributed by atoms with Crippen molar-refractivity contribution in [2.45, 2.75) is 101 Å². The lowest BCUT2D eigenvalue weighted by Gasteiger charge is -2.40. The van der Waals surface area contributed by atoms with Crippen LogP contribution in [0.4, 0.5) is 0 Å². The number of hydrogen-bond donors (Lipinski definition) is 4. The van der Waals surface area contributed by atoms with Gasteiger partial charge in [0.25, 0.3) is 0 Å². The molecule has 6 heteroatoms. The summed E-state index contributed by atoms with van der Waals surface area (Å²) >= 11 is 0. The van der Waals surface area contributed by atoms with Gasteiger partial charge in [0.15, 0.2) is 5.78 Å². The van der Waals surface area contributed by atoms with Crippen LogP contribution < -0.4 is 0 Å². The Morgan fingerprint density at radius 2 is 1.69 bits per heavy atom. The average molecular weight is 370 g/mol. The first-order valence-corrected chi connectivity index (χ1v) is 10.2. The topological polar surface area (TPSA) is 107 Å². The number of aliphatic hydroxyl groups excluding tert-OH is 3. The van der Waals surface area contributed by atoms with Gasteiger partial charge in [0.05, 0.1) is 17.8 Å². The van der Waals surface area contributed by atoms with Gasteiger partial charge in [0.1, 0.15) is 18.3 Å². The van der Waals surface area contributed by atoms with Gasteiger partial charge < -0.3 is 25.2 Å². The summed E-state index contributed by atoms with van der Waals surface area (Å²) in [5, 5.41) is 39.9. The van der Waals surface area contributed by atoms with Crippen molar-refractivity contribution in [2.75, 3.05) is 6.61 Å². The smallest absolute Gasteiger partial charge is 0.190 e. The number of aliphatic hydroxyl groups is 4. The summed E-state index contributed by atoms with van der Waals surface area (Å²) in [4.78, 5) is 12.7. The van der Waals surface area contributed by atoms with Gasteiger partial charge in [-0.05, 0) is 43.9 Å². The van der Waals surface area contributed by atoms with E-state index < -0.39 is 29.7 Å². The summed E-state index contributed by atoms with van der Waals surface area (Å²) in [5.74, 6) is 0.918. The Hall–Kier alpha value is -0.530. The number of fused-ring (bicyclic) bond motifs is 2. The van der Waals surface area contributed by atoms with Crippen LogP contribution in [0.3, 0.4) is 0 Å². The lowest BCUT2D eigenvalue weighted by Crippen LogP contribution is -2.57. The SMILES string of the molecule is CC[C@]1(OCC(=O)C2(O)CC(O)C(O)C(O)C2)CC[C@H]2CCC[C@H](C2)C1. The van der Waals surface area contributed by atoms with Gasteiger partial charge in [-0.25, -0.2) is 0 Å². The first-order valence-electron chi connectivity index (χ1n) is 10.2. The predicted molar refractivity (Wildman–Crippen MR) is 95.5 cm³/mol. The average Bonchev–Trinajstić information content (AvgIpc) is 2.73. The second-order valence-electron chi connectivity index (χ2n) is 8.95. The summed E-state index contributed by atoms with van der Waals surface area (Å²) in [6.07, 6.45) is 4.47. The molecule has 2 unspecified atom stereocenters. The number of ether oxygens (including phenoxy) is 1. The van der Waals surface area contributed by atoms with E-state index in [2.05, 4.69) is 6.92 Å². The number of ketones is 1. The lowest BCUT2D eigenvalue weighted by atomic mass is 9.77. The molecule has 0 amide bonds. The van der Waals surface area contributed by atoms with Crippen molar-refractivity contribution < 1.29 is 30.0 Å². The largest absolute Gasteiger partial charge is 0.390 e. The highest BCUT2D eigenvalue weighted by atomic mass is 16.5. The normalized spacial score (nSPS) is 46.6. The number of hydrogen-bond acceptors (Lipinski definition) is 6. The first-order chi connectivity index (χ1) is 12.3. The van der Waals surface area contributed by atoms with Gasteiger partial charge >= 0.3 is 0 Å². The van der Waals surface area contributed by atoms with Crippen LogP contribution in [0.25, 0.3) is 0 Å². The summed E-state index contributed by atoms with van der Waals surface area (Å²) in [5.41, 5.74) is -2.16. The van der Waals surface area contributed by atoms with Gasteiger partial charge in [-0.15, -0.1) is 0 Å². The van der Waals surface area contributed by atoms with Crippen molar-refractivity contribution in [3.63, 3.8) is 0 Å². The molecule has 0 saturated heterocycles. The maximum atomic E-state index is 12.7. The molecule has 3 aliphatic rings. The van der Waals surface area contributed by atoms with Gasteiger partial charge in [-0.1, -0.05) is 26.2 Å². The van der Waals surface area contributed by atoms with Gasteiger partial charge in [-0.3, -0.25) is 4.79 Å². The third-order valence-corrected chi connectivity index (χ3v) is 7.12. The van der Waals surface area contributed by atoms with E-state index >= 15 is 0 Å². The highest BCUT2D eigenvalue weighted by molar-refractivity contribution is 5.88. The molecule has 0 aromatic heterocycles. The molecule has 6 nitrogen and oxygen atoms in total. The van der Waals surface area contributed by atoms with E-state index in [1.54, 1.807) is 0 Å². The number of carbonyl (C=O) groups is 1. The Labute approximate surface area is 155 Å². The van der Waals surface area contributed by atoms with Crippen LogP contribution in [0.5, 0.6) is 0 Å². The molecule has 3 rings (SSSR count). The Morgan fingerprint density at radius 1 is 1.04 bits per heavy atom. The Kier molecular flexibility index (Phi) is 6.09. The van der Waals surface area contributed by atoms with Crippen LogP contribution in [-0.2, 0) is 9.53 Å². The fourth-order valence-electron chi connectivity index (χ4n) is 5.35. The molecule has 0 aliphatic heterocycles. The summed E-state index contributed by atoms with van der Waals surface area (Å²) in [6.45, 7) is 1.89. The molecule has 3 aliphatic carbocycles. The van der Waals surface area contributed by atoms with Gasteiger partial charge in [0.2, 0.25) is 0 Å². The maximum absolute atomic E-state index is 12.7. The molecule has 0 spiro atoms. The van der Waals surface area contributed by atoms with Crippen molar-refractivity contribution in [1.82, 2.24) is 0 Å². The Balaban J connectivity index is 1.63. The first kappa shape index (κ1) is 20.2. The van der Waals surface area contributed by atoms with Gasteiger partial charge in [-0.2, -0.15) is 0 Å². The summed E-state index contributed by atoms with van der Waals surface area (Å²) in [7, 11) is 0. The fourth-order valence-corrected chi connectivity index (χ4v) is 5.35. The van der Waals surface area contributed by atoms with Crippen molar-refractivity contribution in [1.29, 1.82) is 0 Å². The highest BCUT2D eigenvalue weighted by Gasteiger charge is 2.48. The van der Waals surface area contributed by atoms with Crippen LogP contribution in [-0.4, -0.2) is 62.3 Å². The van der Waals surface area contributed by atoms with Crippen molar-refractivity contribution in [3.8, 4) is 0 Å². The molecule has 0 aromatic carbocycles. The molecule has 2 bridgehead atoms. The lowest BCUT2D eigenvalue weighted by molar-refractivity contribution is -0.179. The number of rotatable bonds is 5. The minimum Gasteiger partial charge on any atom is -0.390 e.